The number of rotatable bonds is 16. The molecule has 0 bridgehead atoms. The molecule has 35 heavy (non-hydrogen) atoms. The molecule has 0 saturated heterocycles. The fourth-order valence-electron chi connectivity index (χ4n) is 3.97. The second kappa shape index (κ2) is 14.9. The van der Waals surface area contributed by atoms with Gasteiger partial charge in [0.2, 0.25) is 15.9 Å². The van der Waals surface area contributed by atoms with Crippen molar-refractivity contribution in [1.82, 2.24) is 4.72 Å². The Morgan fingerprint density at radius 1 is 0.886 bits per heavy atom. The van der Waals surface area contributed by atoms with Crippen molar-refractivity contribution < 1.29 is 23.1 Å². The van der Waals surface area contributed by atoms with E-state index in [0.29, 0.717) is 6.42 Å². The number of unbranched alkanes of at least 4 members (excludes halogenated alkanes) is 5. The van der Waals surface area contributed by atoms with Crippen LogP contribution in [-0.4, -0.2) is 36.9 Å². The van der Waals surface area contributed by atoms with Gasteiger partial charge in [-0.05, 0) is 61.8 Å². The van der Waals surface area contributed by atoms with E-state index in [2.05, 4.69) is 24.3 Å². The van der Waals surface area contributed by atoms with Gasteiger partial charge in [-0.25, -0.2) is 8.42 Å². The number of thioether (sulfide) groups is 1. The predicted octanol–water partition coefficient (Wildman–Crippen LogP) is 5.39. The van der Waals surface area contributed by atoms with E-state index < -0.39 is 27.1 Å². The van der Waals surface area contributed by atoms with Gasteiger partial charge < -0.3 is 5.11 Å². The molecule has 0 saturated carbocycles. The highest BCUT2D eigenvalue weighted by atomic mass is 32.2. The molecule has 1 atom stereocenters. The Morgan fingerprint density at radius 3 is 2.14 bits per heavy atom. The number of sulfonamides is 1. The summed E-state index contributed by atoms with van der Waals surface area (Å²) in [6.45, 7) is 1.67. The molecule has 1 amide bonds. The number of carbonyl (C=O) groups is 2. The van der Waals surface area contributed by atoms with Crippen LogP contribution in [-0.2, 0) is 38.9 Å². The highest BCUT2D eigenvalue weighted by molar-refractivity contribution is 8.00. The third kappa shape index (κ3) is 11.8. The molecule has 6 nitrogen and oxygen atoms in total. The Balaban J connectivity index is 1.89. The lowest BCUT2D eigenvalue weighted by atomic mass is 9.97. The maximum absolute atomic E-state index is 12.0. The summed E-state index contributed by atoms with van der Waals surface area (Å²) in [6.07, 6.45) is 10.2. The van der Waals surface area contributed by atoms with Crippen molar-refractivity contribution in [3.63, 3.8) is 0 Å². The van der Waals surface area contributed by atoms with E-state index in [1.807, 2.05) is 29.0 Å². The van der Waals surface area contributed by atoms with Gasteiger partial charge in [0.25, 0.3) is 0 Å². The van der Waals surface area contributed by atoms with Crippen LogP contribution in [0.4, 0.5) is 0 Å². The summed E-state index contributed by atoms with van der Waals surface area (Å²) in [7, 11) is -3.58. The molecule has 2 aromatic carbocycles. The second-order valence-corrected chi connectivity index (χ2v) is 12.0. The predicted molar refractivity (Wildman–Crippen MR) is 142 cm³/mol. The summed E-state index contributed by atoms with van der Waals surface area (Å²) < 4.78 is 24.6. The number of aliphatic carboxylic acids is 1. The van der Waals surface area contributed by atoms with Crippen LogP contribution in [0.3, 0.4) is 0 Å². The molecule has 2 rings (SSSR count). The SMILES string of the molecule is CC(Sc1cccc(CCC(=O)NS(C)(=O)=O)c1CCCCCCCCc1ccccc1)C(=O)O. The first-order chi connectivity index (χ1) is 16.7. The molecule has 0 fully saturated rings. The summed E-state index contributed by atoms with van der Waals surface area (Å²) in [5, 5.41) is 8.77. The quantitative estimate of drug-likeness (QED) is 0.228. The first-order valence-corrected chi connectivity index (χ1v) is 15.0. The van der Waals surface area contributed by atoms with Gasteiger partial charge >= 0.3 is 5.97 Å². The molecular weight excluding hydrogens is 482 g/mol. The van der Waals surface area contributed by atoms with Gasteiger partial charge in [-0.1, -0.05) is 68.1 Å². The number of hydrogen-bond acceptors (Lipinski definition) is 5. The Bertz CT molecular complexity index is 1050. The summed E-state index contributed by atoms with van der Waals surface area (Å²) in [5.74, 6) is -1.40. The summed E-state index contributed by atoms with van der Waals surface area (Å²) in [4.78, 5) is 24.3. The van der Waals surface area contributed by atoms with E-state index in [0.717, 1.165) is 54.4 Å². The van der Waals surface area contributed by atoms with E-state index in [4.69, 9.17) is 0 Å². The maximum Gasteiger partial charge on any atom is 0.316 e. The highest BCUT2D eigenvalue weighted by Gasteiger charge is 2.17. The van der Waals surface area contributed by atoms with Crippen LogP contribution >= 0.6 is 11.8 Å². The van der Waals surface area contributed by atoms with Gasteiger partial charge in [0.1, 0.15) is 5.25 Å². The van der Waals surface area contributed by atoms with Crippen molar-refractivity contribution in [2.75, 3.05) is 6.26 Å². The lowest BCUT2D eigenvalue weighted by Crippen LogP contribution is -2.29. The fraction of sp³-hybridized carbons (Fsp3) is 0.481. The number of amides is 1. The highest BCUT2D eigenvalue weighted by Crippen LogP contribution is 2.31. The summed E-state index contributed by atoms with van der Waals surface area (Å²) in [6, 6.07) is 16.3. The molecule has 0 spiro atoms. The van der Waals surface area contributed by atoms with E-state index in [1.54, 1.807) is 6.92 Å². The topological polar surface area (TPSA) is 101 Å². The smallest absolute Gasteiger partial charge is 0.316 e. The van der Waals surface area contributed by atoms with Crippen LogP contribution in [0, 0.1) is 0 Å². The minimum Gasteiger partial charge on any atom is -0.480 e. The lowest BCUT2D eigenvalue weighted by Gasteiger charge is -2.16. The standard InChI is InChI=1S/C27H37NO5S2/c1-21(27(30)31)34-25-18-12-16-23(19-20-26(29)28-35(2,32)33)24(25)17-11-6-4-3-5-8-13-22-14-9-7-10-15-22/h7,9-10,12,14-16,18,21H,3-6,8,11,13,17,19-20H2,1-2H3,(H,28,29)(H,30,31). The fourth-order valence-corrected chi connectivity index (χ4v) is 5.50. The molecule has 0 aliphatic heterocycles. The van der Waals surface area contributed by atoms with Gasteiger partial charge in [-0.3, -0.25) is 14.3 Å². The van der Waals surface area contributed by atoms with Gasteiger partial charge in [0.15, 0.2) is 0 Å². The van der Waals surface area contributed by atoms with E-state index >= 15 is 0 Å². The van der Waals surface area contributed by atoms with Crippen LogP contribution in [0.25, 0.3) is 0 Å². The first-order valence-electron chi connectivity index (χ1n) is 12.2. The zero-order valence-electron chi connectivity index (χ0n) is 20.7. The Labute approximate surface area is 214 Å². The average Bonchev–Trinajstić information content (AvgIpc) is 2.79. The zero-order chi connectivity index (χ0) is 25.7. The number of benzene rings is 2. The normalized spacial score (nSPS) is 12.3. The molecule has 0 aliphatic carbocycles. The van der Waals surface area contributed by atoms with Crippen molar-refractivity contribution in [3.05, 3.63) is 65.2 Å². The Morgan fingerprint density at radius 2 is 1.51 bits per heavy atom. The van der Waals surface area contributed by atoms with Crippen molar-refractivity contribution in [3.8, 4) is 0 Å². The van der Waals surface area contributed by atoms with Crippen molar-refractivity contribution in [1.29, 1.82) is 0 Å². The number of carboxylic acids is 1. The number of carbonyl (C=O) groups excluding carboxylic acids is 1. The summed E-state index contributed by atoms with van der Waals surface area (Å²) >= 11 is 1.31. The van der Waals surface area contributed by atoms with Gasteiger partial charge in [-0.2, -0.15) is 0 Å². The minimum absolute atomic E-state index is 0.0596. The maximum atomic E-state index is 12.0. The monoisotopic (exact) mass is 519 g/mol. The van der Waals surface area contributed by atoms with Gasteiger partial charge in [0.05, 0.1) is 6.26 Å². The van der Waals surface area contributed by atoms with Crippen LogP contribution in [0.2, 0.25) is 0 Å². The van der Waals surface area contributed by atoms with Crippen LogP contribution in [0.5, 0.6) is 0 Å². The summed E-state index contributed by atoms with van der Waals surface area (Å²) in [5.41, 5.74) is 3.43. The molecule has 1 unspecified atom stereocenters. The number of hydrogen-bond donors (Lipinski definition) is 2. The second-order valence-electron chi connectivity index (χ2n) is 8.90. The van der Waals surface area contributed by atoms with Crippen molar-refractivity contribution >= 4 is 33.7 Å². The molecule has 192 valence electrons. The van der Waals surface area contributed by atoms with Gasteiger partial charge in [0, 0.05) is 11.3 Å². The third-order valence-corrected chi connectivity index (χ3v) is 7.58. The zero-order valence-corrected chi connectivity index (χ0v) is 22.3. The number of nitrogens with one attached hydrogen (secondary N) is 1. The molecule has 0 heterocycles. The van der Waals surface area contributed by atoms with E-state index in [1.165, 1.54) is 36.6 Å². The average molecular weight is 520 g/mol. The van der Waals surface area contributed by atoms with Crippen LogP contribution in [0.1, 0.15) is 68.6 Å². The van der Waals surface area contributed by atoms with Crippen LogP contribution < -0.4 is 4.72 Å². The number of carboxylic acid groups (broad SMARTS) is 1. The molecular formula is C27H37NO5S2. The Kier molecular flexibility index (Phi) is 12.3. The minimum atomic E-state index is -3.58. The van der Waals surface area contributed by atoms with Crippen molar-refractivity contribution in [2.24, 2.45) is 0 Å². The lowest BCUT2D eigenvalue weighted by molar-refractivity contribution is -0.136. The van der Waals surface area contributed by atoms with Gasteiger partial charge in [-0.15, -0.1) is 11.8 Å². The molecule has 0 radical (unpaired) electrons. The molecule has 0 aliphatic rings. The Hall–Kier alpha value is -2.32. The molecule has 2 aromatic rings. The van der Waals surface area contributed by atoms with E-state index in [9.17, 15) is 23.1 Å². The van der Waals surface area contributed by atoms with Crippen molar-refractivity contribution in [2.45, 2.75) is 81.3 Å². The third-order valence-electron chi connectivity index (χ3n) is 5.79. The molecule has 0 aromatic heterocycles. The molecule has 2 N–H and O–H groups in total. The van der Waals surface area contributed by atoms with E-state index in [-0.39, 0.29) is 6.42 Å². The number of aryl methyl sites for hydroxylation is 2. The molecule has 8 heteroatoms. The van der Waals surface area contributed by atoms with Crippen LogP contribution in [0.15, 0.2) is 53.4 Å². The largest absolute Gasteiger partial charge is 0.480 e. The first kappa shape index (κ1) is 28.9.